The molecule has 6 heteroatoms. The molecule has 0 atom stereocenters. The van der Waals surface area contributed by atoms with E-state index < -0.39 is 0 Å². The lowest BCUT2D eigenvalue weighted by atomic mass is 10.2. The van der Waals surface area contributed by atoms with Crippen LogP contribution >= 0.6 is 11.8 Å². The van der Waals surface area contributed by atoms with Gasteiger partial charge in [-0.15, -0.1) is 10.2 Å². The van der Waals surface area contributed by atoms with E-state index in [4.69, 9.17) is 13.9 Å². The van der Waals surface area contributed by atoms with Gasteiger partial charge in [0.15, 0.2) is 6.61 Å². The van der Waals surface area contributed by atoms with Gasteiger partial charge in [-0.05, 0) is 36.8 Å². The molecule has 124 valence electrons. The number of aryl methyl sites for hydroxylation is 1. The fourth-order valence-electron chi connectivity index (χ4n) is 2.01. The number of rotatable bonds is 8. The molecular weight excluding hydrogens is 324 g/mol. The quantitative estimate of drug-likeness (QED) is 0.453. The highest BCUT2D eigenvalue weighted by molar-refractivity contribution is 7.99. The fraction of sp³-hybridized carbons (Fsp3) is 0.222. The van der Waals surface area contributed by atoms with E-state index in [0.29, 0.717) is 17.7 Å². The molecule has 24 heavy (non-hydrogen) atoms. The van der Waals surface area contributed by atoms with Gasteiger partial charge in [0.2, 0.25) is 0 Å². The maximum Gasteiger partial charge on any atom is 0.276 e. The Labute approximate surface area is 145 Å². The number of para-hydroxylation sites is 1. The van der Waals surface area contributed by atoms with E-state index >= 15 is 0 Å². The first-order chi connectivity index (χ1) is 11.8. The van der Waals surface area contributed by atoms with Crippen LogP contribution in [-0.4, -0.2) is 22.6 Å². The van der Waals surface area contributed by atoms with Gasteiger partial charge in [0.1, 0.15) is 11.5 Å². The Morgan fingerprint density at radius 1 is 0.958 bits per heavy atom. The second kappa shape index (κ2) is 8.40. The van der Waals surface area contributed by atoms with Crippen molar-refractivity contribution in [2.45, 2.75) is 18.8 Å². The predicted octanol–water partition coefficient (Wildman–Crippen LogP) is 4.13. The molecule has 1 heterocycles. The van der Waals surface area contributed by atoms with Crippen molar-refractivity contribution < 1.29 is 13.9 Å². The number of thioether (sulfide) groups is 1. The van der Waals surface area contributed by atoms with Crippen LogP contribution in [0.15, 0.2) is 64.2 Å². The minimum absolute atomic E-state index is 0.261. The SMILES string of the molecule is Cc1cccc(OCc2nnc(SCCOc3ccccc3)o2)c1. The number of hydrogen-bond donors (Lipinski definition) is 0. The maximum atomic E-state index is 5.64. The molecule has 0 aliphatic heterocycles. The summed E-state index contributed by atoms with van der Waals surface area (Å²) < 4.78 is 16.8. The summed E-state index contributed by atoms with van der Waals surface area (Å²) in [6, 6.07) is 17.5. The zero-order valence-corrected chi connectivity index (χ0v) is 14.2. The fourth-order valence-corrected chi connectivity index (χ4v) is 2.61. The van der Waals surface area contributed by atoms with E-state index in [1.165, 1.54) is 11.8 Å². The largest absolute Gasteiger partial charge is 0.493 e. The first kappa shape index (κ1) is 16.4. The Balaban J connectivity index is 1.40. The normalized spacial score (nSPS) is 10.5. The molecule has 0 radical (unpaired) electrons. The van der Waals surface area contributed by atoms with Crippen molar-refractivity contribution in [3.63, 3.8) is 0 Å². The van der Waals surface area contributed by atoms with Crippen molar-refractivity contribution in [3.8, 4) is 11.5 Å². The van der Waals surface area contributed by atoms with Crippen molar-refractivity contribution in [2.75, 3.05) is 12.4 Å². The third-order valence-electron chi connectivity index (χ3n) is 3.12. The van der Waals surface area contributed by atoms with E-state index in [-0.39, 0.29) is 6.61 Å². The van der Waals surface area contributed by atoms with Crippen molar-refractivity contribution in [1.29, 1.82) is 0 Å². The molecule has 1 aromatic heterocycles. The number of ether oxygens (including phenoxy) is 2. The highest BCUT2D eigenvalue weighted by atomic mass is 32.2. The monoisotopic (exact) mass is 342 g/mol. The van der Waals surface area contributed by atoms with E-state index in [2.05, 4.69) is 10.2 Å². The summed E-state index contributed by atoms with van der Waals surface area (Å²) in [7, 11) is 0. The van der Waals surface area contributed by atoms with E-state index in [1.807, 2.05) is 61.5 Å². The van der Waals surface area contributed by atoms with Crippen molar-refractivity contribution in [2.24, 2.45) is 0 Å². The third-order valence-corrected chi connectivity index (χ3v) is 3.90. The lowest BCUT2D eigenvalue weighted by molar-refractivity contribution is 0.252. The van der Waals surface area contributed by atoms with Gasteiger partial charge in [0.25, 0.3) is 11.1 Å². The minimum Gasteiger partial charge on any atom is -0.493 e. The molecule has 2 aromatic carbocycles. The third kappa shape index (κ3) is 5.03. The molecule has 0 amide bonds. The van der Waals surface area contributed by atoms with Gasteiger partial charge in [-0.3, -0.25) is 0 Å². The summed E-state index contributed by atoms with van der Waals surface area (Å²) in [5.41, 5.74) is 1.15. The van der Waals surface area contributed by atoms with Crippen LogP contribution < -0.4 is 9.47 Å². The smallest absolute Gasteiger partial charge is 0.276 e. The van der Waals surface area contributed by atoms with Gasteiger partial charge >= 0.3 is 0 Å². The lowest BCUT2D eigenvalue weighted by Crippen LogP contribution is -1.99. The summed E-state index contributed by atoms with van der Waals surface area (Å²) in [4.78, 5) is 0. The van der Waals surface area contributed by atoms with E-state index in [9.17, 15) is 0 Å². The molecule has 0 bridgehead atoms. The predicted molar refractivity (Wildman–Crippen MR) is 92.5 cm³/mol. The highest BCUT2D eigenvalue weighted by Crippen LogP contribution is 2.18. The molecule has 0 aliphatic rings. The Bertz CT molecular complexity index is 762. The molecule has 0 spiro atoms. The number of nitrogens with zero attached hydrogens (tertiary/aromatic N) is 2. The Kier molecular flexibility index (Phi) is 5.74. The zero-order valence-electron chi connectivity index (χ0n) is 13.3. The van der Waals surface area contributed by atoms with Gasteiger partial charge in [-0.25, -0.2) is 0 Å². The van der Waals surface area contributed by atoms with Gasteiger partial charge in [-0.2, -0.15) is 0 Å². The van der Waals surface area contributed by atoms with Crippen LogP contribution in [0.3, 0.4) is 0 Å². The molecule has 5 nitrogen and oxygen atoms in total. The average molecular weight is 342 g/mol. The summed E-state index contributed by atoms with van der Waals surface area (Å²) >= 11 is 1.46. The molecular formula is C18H18N2O3S. The summed E-state index contributed by atoms with van der Waals surface area (Å²) in [5.74, 6) is 2.84. The van der Waals surface area contributed by atoms with Crippen molar-refractivity contribution in [3.05, 3.63) is 66.1 Å². The lowest BCUT2D eigenvalue weighted by Gasteiger charge is -2.04. The van der Waals surface area contributed by atoms with Crippen LogP contribution in [0, 0.1) is 6.92 Å². The first-order valence-corrected chi connectivity index (χ1v) is 8.61. The molecule has 3 aromatic rings. The number of hydrogen-bond acceptors (Lipinski definition) is 6. The van der Waals surface area contributed by atoms with Crippen LogP contribution in [0.5, 0.6) is 11.5 Å². The highest BCUT2D eigenvalue weighted by Gasteiger charge is 2.07. The Morgan fingerprint density at radius 2 is 1.79 bits per heavy atom. The van der Waals surface area contributed by atoms with Gasteiger partial charge in [-0.1, -0.05) is 42.1 Å². The maximum absolute atomic E-state index is 5.64. The zero-order chi connectivity index (χ0) is 16.6. The van der Waals surface area contributed by atoms with Crippen LogP contribution in [0.2, 0.25) is 0 Å². The molecule has 3 rings (SSSR count). The first-order valence-electron chi connectivity index (χ1n) is 7.62. The second-order valence-electron chi connectivity index (χ2n) is 5.08. The molecule has 0 N–H and O–H groups in total. The second-order valence-corrected chi connectivity index (χ2v) is 6.12. The molecule has 0 saturated carbocycles. The Morgan fingerprint density at radius 3 is 2.62 bits per heavy atom. The minimum atomic E-state index is 0.261. The average Bonchev–Trinajstić information content (AvgIpc) is 3.06. The summed E-state index contributed by atoms with van der Waals surface area (Å²) in [5, 5.41) is 8.51. The van der Waals surface area contributed by atoms with Crippen LogP contribution in [0.25, 0.3) is 0 Å². The molecule has 0 saturated heterocycles. The van der Waals surface area contributed by atoms with E-state index in [0.717, 1.165) is 22.8 Å². The van der Waals surface area contributed by atoms with Gasteiger partial charge < -0.3 is 13.9 Å². The topological polar surface area (TPSA) is 57.4 Å². The van der Waals surface area contributed by atoms with Gasteiger partial charge in [0.05, 0.1) is 6.61 Å². The summed E-state index contributed by atoms with van der Waals surface area (Å²) in [6.07, 6.45) is 0. The van der Waals surface area contributed by atoms with Crippen LogP contribution in [0.4, 0.5) is 0 Å². The standard InChI is InChI=1S/C18H18N2O3S/c1-14-6-5-9-16(12-14)22-13-17-19-20-18(23-17)24-11-10-21-15-7-3-2-4-8-15/h2-9,12H,10-11,13H2,1H3. The number of aromatic nitrogens is 2. The molecule has 0 aliphatic carbocycles. The molecule has 0 fully saturated rings. The summed E-state index contributed by atoms with van der Waals surface area (Å²) in [6.45, 7) is 2.86. The molecule has 0 unspecified atom stereocenters. The van der Waals surface area contributed by atoms with E-state index in [1.54, 1.807) is 0 Å². The van der Waals surface area contributed by atoms with Gasteiger partial charge in [0, 0.05) is 5.75 Å². The van der Waals surface area contributed by atoms with Crippen LogP contribution in [0.1, 0.15) is 11.5 Å². The van der Waals surface area contributed by atoms with Crippen molar-refractivity contribution in [1.82, 2.24) is 10.2 Å². The number of benzene rings is 2. The Hall–Kier alpha value is -2.47. The van der Waals surface area contributed by atoms with Crippen molar-refractivity contribution >= 4 is 11.8 Å². The van der Waals surface area contributed by atoms with Crippen LogP contribution in [-0.2, 0) is 6.61 Å².